The van der Waals surface area contributed by atoms with Crippen molar-refractivity contribution in [1.82, 2.24) is 19.8 Å². The average Bonchev–Trinajstić information content (AvgIpc) is 3.44. The minimum absolute atomic E-state index is 0.382. The Morgan fingerprint density at radius 2 is 1.84 bits per heavy atom. The number of para-hydroxylation sites is 1. The van der Waals surface area contributed by atoms with Gasteiger partial charge in [0, 0.05) is 11.3 Å². The van der Waals surface area contributed by atoms with Crippen molar-refractivity contribution in [3.63, 3.8) is 0 Å². The molecule has 7 nitrogen and oxygen atoms in total. The number of rotatable bonds is 4. The van der Waals surface area contributed by atoms with E-state index < -0.39 is 0 Å². The molecule has 0 radical (unpaired) electrons. The first-order valence-electron chi connectivity index (χ1n) is 9.37. The van der Waals surface area contributed by atoms with Crippen LogP contribution in [0.25, 0.3) is 27.6 Å². The zero-order valence-corrected chi connectivity index (χ0v) is 17.6. The van der Waals surface area contributed by atoms with Gasteiger partial charge < -0.3 is 10.6 Å². The first-order chi connectivity index (χ1) is 15.2. The van der Waals surface area contributed by atoms with Crippen LogP contribution in [0.2, 0.25) is 5.02 Å². The first-order valence-corrected chi connectivity index (χ1v) is 10.6. The molecule has 0 aliphatic rings. The van der Waals surface area contributed by atoms with Crippen LogP contribution in [0.1, 0.15) is 0 Å². The van der Waals surface area contributed by atoms with E-state index in [0.717, 1.165) is 16.1 Å². The molecule has 2 aromatic carbocycles. The van der Waals surface area contributed by atoms with Gasteiger partial charge in [-0.1, -0.05) is 41.9 Å². The molecule has 0 aliphatic heterocycles. The average molecular weight is 447 g/mol. The lowest BCUT2D eigenvalue weighted by molar-refractivity contribution is 0.262. The Morgan fingerprint density at radius 3 is 2.68 bits per heavy atom. The van der Waals surface area contributed by atoms with Crippen molar-refractivity contribution in [2.75, 3.05) is 10.6 Å². The number of nitrogens with one attached hydrogen (secondary N) is 2. The Bertz CT molecular complexity index is 1380. The van der Waals surface area contributed by atoms with Gasteiger partial charge in [0.25, 0.3) is 0 Å². The summed E-state index contributed by atoms with van der Waals surface area (Å²) in [6.07, 6.45) is 0. The van der Waals surface area contributed by atoms with Gasteiger partial charge in [-0.2, -0.15) is 9.61 Å². The molecule has 0 spiro atoms. The largest absolute Gasteiger partial charge is 0.323 e. The van der Waals surface area contributed by atoms with Crippen LogP contribution in [0.3, 0.4) is 0 Å². The van der Waals surface area contributed by atoms with Crippen LogP contribution in [-0.4, -0.2) is 25.8 Å². The molecule has 3 aromatic heterocycles. The van der Waals surface area contributed by atoms with E-state index in [2.05, 4.69) is 20.8 Å². The molecular weight excluding hydrogens is 432 g/mol. The second kappa shape index (κ2) is 8.17. The molecule has 0 saturated carbocycles. The third kappa shape index (κ3) is 3.98. The van der Waals surface area contributed by atoms with Gasteiger partial charge in [-0.25, -0.2) is 4.79 Å². The van der Waals surface area contributed by atoms with Gasteiger partial charge >= 0.3 is 6.03 Å². The molecule has 5 rings (SSSR count). The highest BCUT2D eigenvalue weighted by Crippen LogP contribution is 2.26. The van der Waals surface area contributed by atoms with E-state index in [1.807, 2.05) is 53.9 Å². The van der Waals surface area contributed by atoms with E-state index in [4.69, 9.17) is 16.7 Å². The summed E-state index contributed by atoms with van der Waals surface area (Å²) in [6, 6.07) is 21.8. The van der Waals surface area contributed by atoms with E-state index >= 15 is 0 Å². The lowest BCUT2D eigenvalue weighted by atomic mass is 10.1. The highest BCUT2D eigenvalue weighted by molar-refractivity contribution is 7.13. The number of fused-ring (bicyclic) bond motifs is 1. The van der Waals surface area contributed by atoms with Crippen molar-refractivity contribution in [3.05, 3.63) is 83.2 Å². The lowest BCUT2D eigenvalue weighted by Crippen LogP contribution is -2.19. The van der Waals surface area contributed by atoms with Gasteiger partial charge in [0.15, 0.2) is 11.5 Å². The molecule has 2 N–H and O–H groups in total. The van der Waals surface area contributed by atoms with Crippen molar-refractivity contribution in [2.45, 2.75) is 0 Å². The van der Waals surface area contributed by atoms with Gasteiger partial charge in [-0.3, -0.25) is 0 Å². The van der Waals surface area contributed by atoms with Crippen LogP contribution < -0.4 is 10.6 Å². The van der Waals surface area contributed by atoms with Gasteiger partial charge in [0.2, 0.25) is 0 Å². The van der Waals surface area contributed by atoms with Crippen LogP contribution in [0.4, 0.5) is 16.2 Å². The molecule has 0 bridgehead atoms. The molecule has 5 aromatic rings. The molecule has 0 fully saturated rings. The summed E-state index contributed by atoms with van der Waals surface area (Å²) >= 11 is 7.68. The molecule has 0 unspecified atom stereocenters. The number of hydrogen-bond acceptors (Lipinski definition) is 5. The molecule has 0 aliphatic carbocycles. The summed E-state index contributed by atoms with van der Waals surface area (Å²) in [5.41, 5.74) is 3.42. The standard InChI is InChI=1S/C22H15ClN6OS/c23-16-7-1-2-8-18(16)25-22(30)24-15-6-3-5-14(13-15)17-10-11-20-26-27-21(29(20)28-17)19-9-4-12-31-19/h1-13H,(H2,24,25,30). The topological polar surface area (TPSA) is 84.2 Å². The fourth-order valence-electron chi connectivity index (χ4n) is 3.11. The van der Waals surface area contributed by atoms with Gasteiger partial charge in [-0.05, 0) is 47.8 Å². The molecule has 3 heterocycles. The molecule has 2 amide bonds. The minimum atomic E-state index is -0.382. The number of thiophene rings is 1. The SMILES string of the molecule is O=C(Nc1cccc(-c2ccc3nnc(-c4cccs4)n3n2)c1)Nc1ccccc1Cl. The van der Waals surface area contributed by atoms with Gasteiger partial charge in [0.1, 0.15) is 0 Å². The highest BCUT2D eigenvalue weighted by Gasteiger charge is 2.12. The number of hydrogen-bond donors (Lipinski definition) is 2. The molecule has 31 heavy (non-hydrogen) atoms. The maximum atomic E-state index is 12.4. The molecule has 0 saturated heterocycles. The first kappa shape index (κ1) is 19.2. The van der Waals surface area contributed by atoms with E-state index in [-0.39, 0.29) is 6.03 Å². The number of amides is 2. The lowest BCUT2D eigenvalue weighted by Gasteiger charge is -2.10. The number of nitrogens with zero attached hydrogens (tertiary/aromatic N) is 4. The number of halogens is 1. The van der Waals surface area contributed by atoms with Crippen LogP contribution in [0, 0.1) is 0 Å². The number of carbonyl (C=O) groups excluding carboxylic acids is 1. The Morgan fingerprint density at radius 1 is 0.935 bits per heavy atom. The normalized spacial score (nSPS) is 10.9. The van der Waals surface area contributed by atoms with Crippen molar-refractivity contribution in [1.29, 1.82) is 0 Å². The minimum Gasteiger partial charge on any atom is -0.308 e. The summed E-state index contributed by atoms with van der Waals surface area (Å²) in [6.45, 7) is 0. The zero-order valence-electron chi connectivity index (χ0n) is 16.0. The van der Waals surface area contributed by atoms with Crippen LogP contribution in [-0.2, 0) is 0 Å². The van der Waals surface area contributed by atoms with Crippen LogP contribution in [0.15, 0.2) is 78.2 Å². The van der Waals surface area contributed by atoms with Crippen LogP contribution >= 0.6 is 22.9 Å². The quantitative estimate of drug-likeness (QED) is 0.364. The van der Waals surface area contributed by atoms with Crippen molar-refractivity contribution in [2.24, 2.45) is 0 Å². The third-order valence-electron chi connectivity index (χ3n) is 4.54. The summed E-state index contributed by atoms with van der Waals surface area (Å²) in [5, 5.41) is 21.2. The summed E-state index contributed by atoms with van der Waals surface area (Å²) in [4.78, 5) is 13.4. The maximum absolute atomic E-state index is 12.4. The summed E-state index contributed by atoms with van der Waals surface area (Å²) in [5.74, 6) is 0.695. The Balaban J connectivity index is 1.41. The van der Waals surface area contributed by atoms with Crippen molar-refractivity contribution in [3.8, 4) is 22.0 Å². The second-order valence-corrected chi connectivity index (χ2v) is 7.98. The summed E-state index contributed by atoms with van der Waals surface area (Å²) < 4.78 is 1.73. The number of urea groups is 1. The van der Waals surface area contributed by atoms with Gasteiger partial charge in [0.05, 0.1) is 21.3 Å². The summed E-state index contributed by atoms with van der Waals surface area (Å²) in [7, 11) is 0. The van der Waals surface area contributed by atoms with E-state index in [1.54, 1.807) is 40.1 Å². The van der Waals surface area contributed by atoms with Crippen molar-refractivity contribution >= 4 is 46.0 Å². The van der Waals surface area contributed by atoms with E-state index in [9.17, 15) is 4.79 Å². The molecule has 9 heteroatoms. The second-order valence-electron chi connectivity index (χ2n) is 6.63. The smallest absolute Gasteiger partial charge is 0.308 e. The molecular formula is C22H15ClN6OS. The Hall–Kier alpha value is -3.75. The Kier molecular flexibility index (Phi) is 5.07. The highest BCUT2D eigenvalue weighted by atomic mass is 35.5. The van der Waals surface area contributed by atoms with Crippen LogP contribution in [0.5, 0.6) is 0 Å². The number of aromatic nitrogens is 4. The number of benzene rings is 2. The fraction of sp³-hybridized carbons (Fsp3) is 0. The number of anilines is 2. The fourth-order valence-corrected chi connectivity index (χ4v) is 3.98. The third-order valence-corrected chi connectivity index (χ3v) is 5.74. The van der Waals surface area contributed by atoms with E-state index in [1.165, 1.54) is 0 Å². The predicted octanol–water partition coefficient (Wildman–Crippen LogP) is 5.82. The number of carbonyl (C=O) groups is 1. The molecule has 152 valence electrons. The van der Waals surface area contributed by atoms with E-state index in [0.29, 0.717) is 27.9 Å². The zero-order chi connectivity index (χ0) is 21.2. The molecule has 0 atom stereocenters. The van der Waals surface area contributed by atoms with Crippen molar-refractivity contribution < 1.29 is 4.79 Å². The predicted molar refractivity (Wildman–Crippen MR) is 124 cm³/mol. The Labute approximate surface area is 186 Å². The maximum Gasteiger partial charge on any atom is 0.323 e. The monoisotopic (exact) mass is 446 g/mol. The van der Waals surface area contributed by atoms with Gasteiger partial charge in [-0.15, -0.1) is 21.5 Å².